The molecule has 0 amide bonds. The summed E-state index contributed by atoms with van der Waals surface area (Å²) in [7, 11) is -0.271. The van der Waals surface area contributed by atoms with E-state index in [1.165, 1.54) is 24.0 Å². The Morgan fingerprint density at radius 2 is 1.77 bits per heavy atom. The van der Waals surface area contributed by atoms with Crippen LogP contribution in [0.3, 0.4) is 0 Å². The minimum absolute atomic E-state index is 0.271. The van der Waals surface area contributed by atoms with Crippen molar-refractivity contribution in [3.05, 3.63) is 29.3 Å². The first-order valence-corrected chi connectivity index (χ1v) is 8.44. The van der Waals surface area contributed by atoms with Gasteiger partial charge in [0.25, 0.3) is 0 Å². The van der Waals surface area contributed by atoms with Crippen LogP contribution < -0.4 is 10.8 Å². The van der Waals surface area contributed by atoms with Gasteiger partial charge in [-0.1, -0.05) is 18.2 Å². The SMILES string of the molecule is Cc1ccc(B2OC(C)(C)C(C)(C)O2)cc1CNCC1CC1. The Kier molecular flexibility index (Phi) is 4.13. The van der Waals surface area contributed by atoms with Gasteiger partial charge in [-0.05, 0) is 76.5 Å². The van der Waals surface area contributed by atoms with E-state index in [4.69, 9.17) is 9.31 Å². The van der Waals surface area contributed by atoms with Crippen molar-refractivity contribution in [3.8, 4) is 0 Å². The van der Waals surface area contributed by atoms with E-state index in [0.717, 1.165) is 24.5 Å². The third kappa shape index (κ3) is 3.24. The van der Waals surface area contributed by atoms with Crippen LogP contribution in [0, 0.1) is 12.8 Å². The van der Waals surface area contributed by atoms with Gasteiger partial charge in [0.05, 0.1) is 11.2 Å². The van der Waals surface area contributed by atoms with Gasteiger partial charge in [-0.25, -0.2) is 0 Å². The van der Waals surface area contributed by atoms with Gasteiger partial charge in [-0.3, -0.25) is 0 Å². The van der Waals surface area contributed by atoms with Gasteiger partial charge in [0.2, 0.25) is 0 Å². The van der Waals surface area contributed by atoms with Crippen molar-refractivity contribution in [2.75, 3.05) is 6.54 Å². The first-order chi connectivity index (χ1) is 10.3. The Bertz CT molecular complexity index is 536. The molecule has 1 aromatic carbocycles. The lowest BCUT2D eigenvalue weighted by Gasteiger charge is -2.32. The first kappa shape index (κ1) is 16.0. The predicted molar refractivity (Wildman–Crippen MR) is 91.3 cm³/mol. The molecule has 0 bridgehead atoms. The van der Waals surface area contributed by atoms with E-state index in [-0.39, 0.29) is 18.3 Å². The Balaban J connectivity index is 1.71. The molecule has 4 heteroatoms. The van der Waals surface area contributed by atoms with Crippen LogP contribution in [-0.4, -0.2) is 24.9 Å². The minimum atomic E-state index is -0.285. The Labute approximate surface area is 134 Å². The maximum Gasteiger partial charge on any atom is 0.494 e. The molecule has 1 heterocycles. The quantitative estimate of drug-likeness (QED) is 0.848. The lowest BCUT2D eigenvalue weighted by atomic mass is 9.78. The smallest absolute Gasteiger partial charge is 0.399 e. The number of nitrogens with one attached hydrogen (secondary N) is 1. The van der Waals surface area contributed by atoms with Gasteiger partial charge in [0.15, 0.2) is 0 Å². The van der Waals surface area contributed by atoms with Crippen LogP contribution in [0.5, 0.6) is 0 Å². The van der Waals surface area contributed by atoms with Crippen molar-refractivity contribution in [3.63, 3.8) is 0 Å². The zero-order valence-corrected chi connectivity index (χ0v) is 14.5. The molecule has 1 aromatic rings. The fourth-order valence-corrected chi connectivity index (χ4v) is 2.74. The molecule has 120 valence electrons. The van der Waals surface area contributed by atoms with Crippen molar-refractivity contribution >= 4 is 12.6 Å². The van der Waals surface area contributed by atoms with Gasteiger partial charge in [-0.2, -0.15) is 0 Å². The molecule has 0 spiro atoms. The molecule has 1 N–H and O–H groups in total. The van der Waals surface area contributed by atoms with E-state index < -0.39 is 0 Å². The number of benzene rings is 1. The zero-order chi connectivity index (χ0) is 16.0. The molecule has 1 saturated heterocycles. The molecule has 0 aromatic heterocycles. The van der Waals surface area contributed by atoms with Gasteiger partial charge < -0.3 is 14.6 Å². The second kappa shape index (κ2) is 5.66. The molecule has 0 unspecified atom stereocenters. The van der Waals surface area contributed by atoms with Crippen molar-refractivity contribution < 1.29 is 9.31 Å². The van der Waals surface area contributed by atoms with E-state index in [1.807, 2.05) is 0 Å². The van der Waals surface area contributed by atoms with Crippen LogP contribution >= 0.6 is 0 Å². The summed E-state index contributed by atoms with van der Waals surface area (Å²) < 4.78 is 12.3. The van der Waals surface area contributed by atoms with E-state index in [9.17, 15) is 0 Å². The normalized spacial score (nSPS) is 23.0. The Hall–Kier alpha value is -0.835. The van der Waals surface area contributed by atoms with Gasteiger partial charge in [-0.15, -0.1) is 0 Å². The summed E-state index contributed by atoms with van der Waals surface area (Å²) in [5.74, 6) is 0.909. The number of rotatable bonds is 5. The fourth-order valence-electron chi connectivity index (χ4n) is 2.74. The second-order valence-electron chi connectivity index (χ2n) is 7.85. The summed E-state index contributed by atoms with van der Waals surface area (Å²) in [5.41, 5.74) is 3.21. The van der Waals surface area contributed by atoms with E-state index in [2.05, 4.69) is 58.1 Å². The van der Waals surface area contributed by atoms with Crippen LogP contribution in [0.4, 0.5) is 0 Å². The molecule has 0 atom stereocenters. The van der Waals surface area contributed by atoms with E-state index in [0.29, 0.717) is 0 Å². The highest BCUT2D eigenvalue weighted by Gasteiger charge is 2.51. The molecule has 2 aliphatic rings. The highest BCUT2D eigenvalue weighted by molar-refractivity contribution is 6.62. The number of hydrogen-bond donors (Lipinski definition) is 1. The standard InChI is InChI=1S/C18H28BNO2/c1-13-6-9-16(10-15(13)12-20-11-14-7-8-14)19-21-17(2,3)18(4,5)22-19/h6,9-10,14,20H,7-8,11-12H2,1-5H3. The molecule has 0 radical (unpaired) electrons. The summed E-state index contributed by atoms with van der Waals surface area (Å²) in [6, 6.07) is 6.54. The fraction of sp³-hybridized carbons (Fsp3) is 0.667. The van der Waals surface area contributed by atoms with Crippen molar-refractivity contribution in [1.29, 1.82) is 0 Å². The third-order valence-corrected chi connectivity index (χ3v) is 5.34. The van der Waals surface area contributed by atoms with Gasteiger partial charge in [0, 0.05) is 6.54 Å². The lowest BCUT2D eigenvalue weighted by molar-refractivity contribution is 0.00578. The average molecular weight is 301 g/mol. The summed E-state index contributed by atoms with van der Waals surface area (Å²) in [5, 5.41) is 3.57. The predicted octanol–water partition coefficient (Wildman–Crippen LogP) is 2.79. The molecule has 1 aliphatic heterocycles. The monoisotopic (exact) mass is 301 g/mol. The third-order valence-electron chi connectivity index (χ3n) is 5.34. The van der Waals surface area contributed by atoms with Crippen LogP contribution in [-0.2, 0) is 15.9 Å². The minimum Gasteiger partial charge on any atom is -0.399 e. The highest BCUT2D eigenvalue weighted by atomic mass is 16.7. The molecular formula is C18H28BNO2. The van der Waals surface area contributed by atoms with Gasteiger partial charge in [0.1, 0.15) is 0 Å². The second-order valence-corrected chi connectivity index (χ2v) is 7.85. The summed E-state index contributed by atoms with van der Waals surface area (Å²) in [6.07, 6.45) is 2.78. The first-order valence-electron chi connectivity index (χ1n) is 8.44. The summed E-state index contributed by atoms with van der Waals surface area (Å²) in [4.78, 5) is 0. The molecule has 22 heavy (non-hydrogen) atoms. The largest absolute Gasteiger partial charge is 0.494 e. The Morgan fingerprint density at radius 1 is 1.14 bits per heavy atom. The van der Waals surface area contributed by atoms with E-state index >= 15 is 0 Å². The van der Waals surface area contributed by atoms with Crippen molar-refractivity contribution in [2.45, 2.75) is 65.2 Å². The van der Waals surface area contributed by atoms with Gasteiger partial charge >= 0.3 is 7.12 Å². The number of hydrogen-bond acceptors (Lipinski definition) is 3. The molecular weight excluding hydrogens is 273 g/mol. The molecule has 2 fully saturated rings. The van der Waals surface area contributed by atoms with E-state index in [1.54, 1.807) is 0 Å². The zero-order valence-electron chi connectivity index (χ0n) is 14.5. The summed E-state index contributed by atoms with van der Waals surface area (Å²) >= 11 is 0. The molecule has 1 aliphatic carbocycles. The Morgan fingerprint density at radius 3 is 2.36 bits per heavy atom. The number of aryl methyl sites for hydroxylation is 1. The summed E-state index contributed by atoms with van der Waals surface area (Å²) in [6.45, 7) is 12.6. The maximum atomic E-state index is 6.16. The van der Waals surface area contributed by atoms with Crippen molar-refractivity contribution in [1.82, 2.24) is 5.32 Å². The average Bonchev–Trinajstić information content (AvgIpc) is 3.20. The maximum absolute atomic E-state index is 6.16. The highest BCUT2D eigenvalue weighted by Crippen LogP contribution is 2.36. The topological polar surface area (TPSA) is 30.5 Å². The van der Waals surface area contributed by atoms with Crippen LogP contribution in [0.15, 0.2) is 18.2 Å². The van der Waals surface area contributed by atoms with Crippen LogP contribution in [0.2, 0.25) is 0 Å². The van der Waals surface area contributed by atoms with Crippen LogP contribution in [0.1, 0.15) is 51.7 Å². The molecule has 3 nitrogen and oxygen atoms in total. The van der Waals surface area contributed by atoms with Crippen LogP contribution in [0.25, 0.3) is 0 Å². The van der Waals surface area contributed by atoms with Crippen molar-refractivity contribution in [2.24, 2.45) is 5.92 Å². The molecule has 1 saturated carbocycles. The molecule has 3 rings (SSSR count). The lowest BCUT2D eigenvalue weighted by Crippen LogP contribution is -2.41.